The maximum atomic E-state index is 13.4. The number of hydrogen-bond acceptors (Lipinski definition) is 5. The van der Waals surface area contributed by atoms with E-state index in [2.05, 4.69) is 10.6 Å². The van der Waals surface area contributed by atoms with Crippen molar-refractivity contribution in [2.75, 3.05) is 25.1 Å². The Morgan fingerprint density at radius 1 is 1.17 bits per heavy atom. The molecule has 158 valence electrons. The smallest absolute Gasteiger partial charge is 0.248 e. The van der Waals surface area contributed by atoms with Crippen LogP contribution in [0.4, 0.5) is 14.5 Å². The lowest BCUT2D eigenvalue weighted by molar-refractivity contribution is -0.126. The molecule has 0 aromatic heterocycles. The number of carbonyl (C=O) groups is 2. The monoisotopic (exact) mass is 410 g/mol. The fraction of sp³-hybridized carbons (Fsp3) is 0.600. The molecule has 4 rings (SSSR count). The van der Waals surface area contributed by atoms with Crippen LogP contribution in [0.25, 0.3) is 0 Å². The van der Waals surface area contributed by atoms with E-state index in [1.165, 1.54) is 0 Å². The van der Waals surface area contributed by atoms with Gasteiger partial charge in [0, 0.05) is 37.9 Å². The van der Waals surface area contributed by atoms with Crippen LogP contribution < -0.4 is 24.8 Å². The number of benzene rings is 1. The Balaban J connectivity index is 1.49. The van der Waals surface area contributed by atoms with Crippen LogP contribution in [0.15, 0.2) is 12.1 Å². The summed E-state index contributed by atoms with van der Waals surface area (Å²) in [4.78, 5) is 24.0. The second-order valence-corrected chi connectivity index (χ2v) is 7.70. The summed E-state index contributed by atoms with van der Waals surface area (Å²) in [6, 6.07) is 3.30. The molecule has 0 spiro atoms. The van der Waals surface area contributed by atoms with Gasteiger partial charge >= 0.3 is 0 Å². The van der Waals surface area contributed by atoms with Crippen molar-refractivity contribution in [2.45, 2.75) is 50.6 Å². The summed E-state index contributed by atoms with van der Waals surface area (Å²) in [5.41, 5.74) is 0.417. The maximum Gasteiger partial charge on any atom is 0.248 e. The third-order valence-electron chi connectivity index (χ3n) is 5.48. The Labute approximate surface area is 167 Å². The van der Waals surface area contributed by atoms with Crippen molar-refractivity contribution in [3.8, 4) is 17.2 Å². The molecule has 1 saturated heterocycles. The lowest BCUT2D eigenvalue weighted by Gasteiger charge is -2.29. The molecule has 1 aromatic carbocycles. The Morgan fingerprint density at radius 2 is 1.93 bits per heavy atom. The van der Waals surface area contributed by atoms with Crippen LogP contribution in [0, 0.1) is 5.92 Å². The minimum atomic E-state index is -2.62. The number of anilines is 1. The molecule has 1 atom stereocenters. The fourth-order valence-corrected chi connectivity index (χ4v) is 3.80. The van der Waals surface area contributed by atoms with E-state index in [-0.39, 0.29) is 56.1 Å². The van der Waals surface area contributed by atoms with Crippen LogP contribution in [0.1, 0.15) is 38.5 Å². The van der Waals surface area contributed by atoms with E-state index in [4.69, 9.17) is 14.2 Å². The molecule has 1 unspecified atom stereocenters. The van der Waals surface area contributed by atoms with Crippen LogP contribution in [0.5, 0.6) is 17.2 Å². The van der Waals surface area contributed by atoms with Gasteiger partial charge in [-0.1, -0.05) is 0 Å². The van der Waals surface area contributed by atoms with Gasteiger partial charge in [-0.15, -0.1) is 0 Å². The van der Waals surface area contributed by atoms with Crippen molar-refractivity contribution < 1.29 is 32.6 Å². The Hall–Kier alpha value is -2.58. The molecule has 2 amide bonds. The van der Waals surface area contributed by atoms with Gasteiger partial charge in [0.05, 0.1) is 17.7 Å². The van der Waals surface area contributed by atoms with Crippen LogP contribution in [0.3, 0.4) is 0 Å². The number of fused-ring (bicyclic) bond motifs is 1. The Bertz CT molecular complexity index is 781. The van der Waals surface area contributed by atoms with E-state index < -0.39 is 5.92 Å². The quantitative estimate of drug-likeness (QED) is 0.797. The van der Waals surface area contributed by atoms with Crippen molar-refractivity contribution in [1.29, 1.82) is 0 Å². The largest absolute Gasteiger partial charge is 0.490 e. The zero-order valence-electron chi connectivity index (χ0n) is 16.0. The number of piperidine rings is 1. The summed E-state index contributed by atoms with van der Waals surface area (Å²) in [5.74, 6) is -1.93. The third kappa shape index (κ3) is 4.71. The van der Waals surface area contributed by atoms with E-state index in [1.807, 2.05) is 0 Å². The summed E-state index contributed by atoms with van der Waals surface area (Å²) >= 11 is 0. The van der Waals surface area contributed by atoms with E-state index in [1.54, 1.807) is 12.1 Å². The number of hydrogen-bond donors (Lipinski definition) is 2. The number of ether oxygens (including phenoxy) is 3. The van der Waals surface area contributed by atoms with Gasteiger partial charge in [0.15, 0.2) is 11.5 Å². The van der Waals surface area contributed by atoms with E-state index in [9.17, 15) is 18.4 Å². The molecule has 1 aromatic rings. The van der Waals surface area contributed by atoms with Crippen molar-refractivity contribution in [2.24, 2.45) is 5.92 Å². The van der Waals surface area contributed by atoms with Gasteiger partial charge in [-0.3, -0.25) is 9.59 Å². The minimum absolute atomic E-state index is 0.0587. The number of halogens is 2. The van der Waals surface area contributed by atoms with Crippen molar-refractivity contribution in [1.82, 2.24) is 5.32 Å². The number of amides is 2. The lowest BCUT2D eigenvalue weighted by Crippen LogP contribution is -2.40. The molecule has 2 aliphatic heterocycles. The molecule has 1 saturated carbocycles. The van der Waals surface area contributed by atoms with E-state index in [0.29, 0.717) is 49.0 Å². The lowest BCUT2D eigenvalue weighted by atomic mass is 9.94. The third-order valence-corrected chi connectivity index (χ3v) is 5.48. The minimum Gasteiger partial charge on any atom is -0.490 e. The maximum absolute atomic E-state index is 13.4. The van der Waals surface area contributed by atoms with Gasteiger partial charge < -0.3 is 24.8 Å². The predicted octanol–water partition coefficient (Wildman–Crippen LogP) is 2.88. The molecule has 2 N–H and O–H groups in total. The standard InChI is InChI=1S/C20H24F2N2O5/c21-20(22)5-3-13(4-6-20)29-14-9-15(18-16(10-14)27-7-8-28-18)24-19(26)12-1-2-17(25)23-11-12/h9-10,12-13H,1-8,11H2,(H,23,25)(H,24,26). The summed E-state index contributed by atoms with van der Waals surface area (Å²) in [6.07, 6.45) is 0.623. The summed E-state index contributed by atoms with van der Waals surface area (Å²) in [5, 5.41) is 5.54. The molecular formula is C20H24F2N2O5. The molecule has 2 heterocycles. The number of rotatable bonds is 4. The highest BCUT2D eigenvalue weighted by Crippen LogP contribution is 2.43. The first-order valence-corrected chi connectivity index (χ1v) is 9.95. The Kier molecular flexibility index (Phi) is 5.47. The van der Waals surface area contributed by atoms with Crippen LogP contribution in [0.2, 0.25) is 0 Å². The van der Waals surface area contributed by atoms with Crippen LogP contribution in [-0.2, 0) is 9.59 Å². The molecule has 9 heteroatoms. The number of carbonyl (C=O) groups excluding carboxylic acids is 2. The molecule has 29 heavy (non-hydrogen) atoms. The first-order valence-electron chi connectivity index (χ1n) is 9.95. The molecule has 7 nitrogen and oxygen atoms in total. The molecular weight excluding hydrogens is 386 g/mol. The molecule has 3 aliphatic rings. The Morgan fingerprint density at radius 3 is 2.66 bits per heavy atom. The van der Waals surface area contributed by atoms with Crippen LogP contribution in [-0.4, -0.2) is 43.6 Å². The van der Waals surface area contributed by atoms with Gasteiger partial charge in [-0.25, -0.2) is 8.78 Å². The highest BCUT2D eigenvalue weighted by Gasteiger charge is 2.36. The normalized spacial score (nSPS) is 23.8. The van der Waals surface area contributed by atoms with Gasteiger partial charge in [-0.2, -0.15) is 0 Å². The highest BCUT2D eigenvalue weighted by molar-refractivity contribution is 5.96. The van der Waals surface area contributed by atoms with Crippen molar-refractivity contribution >= 4 is 17.5 Å². The zero-order valence-corrected chi connectivity index (χ0v) is 16.0. The summed E-state index contributed by atoms with van der Waals surface area (Å²) < 4.78 is 44.0. The van der Waals surface area contributed by atoms with Crippen LogP contribution >= 0.6 is 0 Å². The average molecular weight is 410 g/mol. The van der Waals surface area contributed by atoms with E-state index in [0.717, 1.165) is 0 Å². The second-order valence-electron chi connectivity index (χ2n) is 7.70. The summed E-state index contributed by atoms with van der Waals surface area (Å²) in [7, 11) is 0. The molecule has 2 fully saturated rings. The first-order chi connectivity index (χ1) is 13.9. The predicted molar refractivity (Wildman–Crippen MR) is 99.6 cm³/mol. The van der Waals surface area contributed by atoms with Gasteiger partial charge in [0.1, 0.15) is 19.0 Å². The first kappa shape index (κ1) is 19.7. The number of alkyl halides is 2. The van der Waals surface area contributed by atoms with Crippen molar-refractivity contribution in [3.05, 3.63) is 12.1 Å². The topological polar surface area (TPSA) is 85.9 Å². The molecule has 0 radical (unpaired) electrons. The van der Waals surface area contributed by atoms with Gasteiger partial charge in [0.25, 0.3) is 0 Å². The zero-order chi connectivity index (χ0) is 20.4. The second kappa shape index (κ2) is 8.04. The van der Waals surface area contributed by atoms with E-state index >= 15 is 0 Å². The van der Waals surface area contributed by atoms with Crippen molar-refractivity contribution in [3.63, 3.8) is 0 Å². The fourth-order valence-electron chi connectivity index (χ4n) is 3.80. The SMILES string of the molecule is O=C1CCC(C(=O)Nc2cc(OC3CCC(F)(F)CC3)cc3c2OCCO3)CN1. The molecule has 0 bridgehead atoms. The molecule has 1 aliphatic carbocycles. The van der Waals surface area contributed by atoms with Gasteiger partial charge in [-0.05, 0) is 19.3 Å². The number of nitrogens with one attached hydrogen (secondary N) is 2. The average Bonchev–Trinajstić information content (AvgIpc) is 2.70. The summed E-state index contributed by atoms with van der Waals surface area (Å²) in [6.45, 7) is 1.01. The van der Waals surface area contributed by atoms with Gasteiger partial charge in [0.2, 0.25) is 17.7 Å². The highest BCUT2D eigenvalue weighted by atomic mass is 19.3.